The highest BCUT2D eigenvalue weighted by molar-refractivity contribution is 6.01. The van der Waals surface area contributed by atoms with Crippen LogP contribution >= 0.6 is 0 Å². The third-order valence-electron chi connectivity index (χ3n) is 4.63. The zero-order chi connectivity index (χ0) is 19.2. The van der Waals surface area contributed by atoms with Gasteiger partial charge in [-0.15, -0.1) is 0 Å². The van der Waals surface area contributed by atoms with Crippen molar-refractivity contribution in [2.24, 2.45) is 0 Å². The third-order valence-corrected chi connectivity index (χ3v) is 4.63. The van der Waals surface area contributed by atoms with Gasteiger partial charge in [0, 0.05) is 11.8 Å². The number of hydrogen-bond acceptors (Lipinski definition) is 5. The van der Waals surface area contributed by atoms with E-state index in [0.29, 0.717) is 11.4 Å². The van der Waals surface area contributed by atoms with Gasteiger partial charge in [0.25, 0.3) is 0 Å². The van der Waals surface area contributed by atoms with Gasteiger partial charge < -0.3 is 14.8 Å². The van der Waals surface area contributed by atoms with E-state index in [1.807, 2.05) is 0 Å². The van der Waals surface area contributed by atoms with Crippen LogP contribution in [0.1, 0.15) is 43.7 Å². The molecule has 0 bridgehead atoms. The van der Waals surface area contributed by atoms with E-state index in [2.05, 4.69) is 5.32 Å². The molecule has 0 aromatic heterocycles. The summed E-state index contributed by atoms with van der Waals surface area (Å²) >= 11 is 0. The number of methoxy groups -OCH3 is 1. The molecule has 0 unspecified atom stereocenters. The van der Waals surface area contributed by atoms with Crippen LogP contribution in [0.3, 0.4) is 0 Å². The van der Waals surface area contributed by atoms with Gasteiger partial charge in [-0.2, -0.15) is 0 Å². The van der Waals surface area contributed by atoms with Gasteiger partial charge >= 0.3 is 11.9 Å². The second-order valence-corrected chi connectivity index (χ2v) is 6.60. The topological polar surface area (TPSA) is 64.6 Å². The number of allylic oxidation sites excluding steroid dienone is 1. The van der Waals surface area contributed by atoms with Crippen LogP contribution < -0.4 is 5.32 Å². The zero-order valence-corrected chi connectivity index (χ0v) is 14.9. The van der Waals surface area contributed by atoms with Gasteiger partial charge in [0.1, 0.15) is 18.2 Å². The van der Waals surface area contributed by atoms with Crippen LogP contribution in [0.15, 0.2) is 34.7 Å². The third kappa shape index (κ3) is 2.77. The van der Waals surface area contributed by atoms with E-state index in [1.54, 1.807) is 20.8 Å². The predicted molar refractivity (Wildman–Crippen MR) is 89.0 cm³/mol. The number of carbonyl (C=O) groups excluding carboxylic acids is 2. The Morgan fingerprint density at radius 2 is 2.04 bits per heavy atom. The van der Waals surface area contributed by atoms with Crippen molar-refractivity contribution >= 4 is 11.9 Å². The first-order chi connectivity index (χ1) is 12.3. The first kappa shape index (κ1) is 18.1. The van der Waals surface area contributed by atoms with Crippen molar-refractivity contribution in [3.8, 4) is 0 Å². The van der Waals surface area contributed by atoms with Gasteiger partial charge in [-0.05, 0) is 30.0 Å². The summed E-state index contributed by atoms with van der Waals surface area (Å²) in [5, 5.41) is 2.98. The van der Waals surface area contributed by atoms with Crippen molar-refractivity contribution in [3.05, 3.63) is 57.4 Å². The van der Waals surface area contributed by atoms with E-state index in [0.717, 1.165) is 6.07 Å². The molecule has 1 aromatic carbocycles. The molecule has 2 aliphatic heterocycles. The van der Waals surface area contributed by atoms with Crippen LogP contribution in [0.2, 0.25) is 0 Å². The maximum Gasteiger partial charge on any atom is 0.337 e. The molecule has 1 atom stereocenters. The van der Waals surface area contributed by atoms with E-state index in [9.17, 15) is 18.4 Å². The molecule has 0 fully saturated rings. The number of rotatable bonds is 3. The first-order valence-electron chi connectivity index (χ1n) is 8.21. The Kier molecular flexibility index (Phi) is 4.56. The predicted octanol–water partition coefficient (Wildman–Crippen LogP) is 3.03. The molecule has 0 saturated heterocycles. The second-order valence-electron chi connectivity index (χ2n) is 6.60. The summed E-state index contributed by atoms with van der Waals surface area (Å²) in [6.45, 7) is 5.19. The molecule has 138 valence electrons. The number of dihydropyridines is 1. The second kappa shape index (κ2) is 6.55. The summed E-state index contributed by atoms with van der Waals surface area (Å²) in [5.41, 5.74) is 1.74. The van der Waals surface area contributed by atoms with Crippen molar-refractivity contribution in [2.45, 2.75) is 32.6 Å². The van der Waals surface area contributed by atoms with Gasteiger partial charge in [0.2, 0.25) is 0 Å². The number of cyclic esters (lactones) is 1. The highest BCUT2D eigenvalue weighted by atomic mass is 19.1. The minimum Gasteiger partial charge on any atom is -0.466 e. The summed E-state index contributed by atoms with van der Waals surface area (Å²) in [6.07, 6.45) is 0. The van der Waals surface area contributed by atoms with Gasteiger partial charge in [0.05, 0.1) is 29.9 Å². The normalized spacial score (nSPS) is 19.5. The monoisotopic (exact) mass is 363 g/mol. The Bertz CT molecular complexity index is 871. The molecule has 0 aliphatic carbocycles. The molecule has 0 amide bonds. The van der Waals surface area contributed by atoms with Crippen LogP contribution in [0.4, 0.5) is 8.78 Å². The minimum absolute atomic E-state index is 0.0191. The fraction of sp³-hybridized carbons (Fsp3) is 0.368. The Balaban J connectivity index is 2.33. The number of benzene rings is 1. The fourth-order valence-electron chi connectivity index (χ4n) is 3.61. The maximum absolute atomic E-state index is 14.5. The van der Waals surface area contributed by atoms with Crippen molar-refractivity contribution in [1.82, 2.24) is 5.32 Å². The number of carbonyl (C=O) groups is 2. The molecule has 0 saturated carbocycles. The smallest absolute Gasteiger partial charge is 0.337 e. The summed E-state index contributed by atoms with van der Waals surface area (Å²) < 4.78 is 38.5. The van der Waals surface area contributed by atoms with Crippen LogP contribution in [0.5, 0.6) is 0 Å². The zero-order valence-electron chi connectivity index (χ0n) is 14.9. The number of halogens is 2. The summed E-state index contributed by atoms with van der Waals surface area (Å²) in [5.74, 6) is -4.05. The van der Waals surface area contributed by atoms with Crippen molar-refractivity contribution in [3.63, 3.8) is 0 Å². The van der Waals surface area contributed by atoms with Gasteiger partial charge in [-0.3, -0.25) is 0 Å². The lowest BCUT2D eigenvalue weighted by molar-refractivity contribution is -0.136. The Hall–Kier alpha value is -2.70. The number of ether oxygens (including phenoxy) is 2. The molecule has 0 radical (unpaired) electrons. The lowest BCUT2D eigenvalue weighted by Crippen LogP contribution is -2.30. The molecular formula is C19H19F2NO4. The van der Waals surface area contributed by atoms with Crippen LogP contribution in [-0.4, -0.2) is 25.7 Å². The Morgan fingerprint density at radius 3 is 2.65 bits per heavy atom. The van der Waals surface area contributed by atoms with Crippen molar-refractivity contribution in [2.75, 3.05) is 13.7 Å². The van der Waals surface area contributed by atoms with Crippen LogP contribution in [0.25, 0.3) is 0 Å². The number of esters is 2. The quantitative estimate of drug-likeness (QED) is 0.837. The number of nitrogens with one attached hydrogen (secondary N) is 1. The molecule has 3 rings (SSSR count). The lowest BCUT2D eigenvalue weighted by Gasteiger charge is -2.29. The molecule has 2 aliphatic rings. The van der Waals surface area contributed by atoms with E-state index in [-0.39, 0.29) is 34.8 Å². The van der Waals surface area contributed by atoms with Gasteiger partial charge in [-0.25, -0.2) is 18.4 Å². The molecular weight excluding hydrogens is 344 g/mol. The highest BCUT2D eigenvalue weighted by Gasteiger charge is 2.43. The molecule has 1 aromatic rings. The number of hydrogen-bond donors (Lipinski definition) is 1. The minimum atomic E-state index is -0.962. The average molecular weight is 363 g/mol. The fourth-order valence-corrected chi connectivity index (χ4v) is 3.61. The molecule has 5 nitrogen and oxygen atoms in total. The Morgan fingerprint density at radius 1 is 1.35 bits per heavy atom. The first-order valence-corrected chi connectivity index (χ1v) is 8.21. The highest BCUT2D eigenvalue weighted by Crippen LogP contribution is 2.44. The largest absolute Gasteiger partial charge is 0.466 e. The molecule has 1 N–H and O–H groups in total. The summed E-state index contributed by atoms with van der Waals surface area (Å²) in [4.78, 5) is 24.7. The van der Waals surface area contributed by atoms with Gasteiger partial charge in [0.15, 0.2) is 0 Å². The molecule has 0 spiro atoms. The van der Waals surface area contributed by atoms with E-state index in [4.69, 9.17) is 9.47 Å². The molecule has 26 heavy (non-hydrogen) atoms. The van der Waals surface area contributed by atoms with E-state index >= 15 is 0 Å². The van der Waals surface area contributed by atoms with Crippen molar-refractivity contribution in [1.29, 1.82) is 0 Å². The van der Waals surface area contributed by atoms with E-state index < -0.39 is 29.5 Å². The van der Waals surface area contributed by atoms with Gasteiger partial charge in [-0.1, -0.05) is 13.8 Å². The summed E-state index contributed by atoms with van der Waals surface area (Å²) in [7, 11) is 1.21. The average Bonchev–Trinajstić information content (AvgIpc) is 2.92. The van der Waals surface area contributed by atoms with E-state index in [1.165, 1.54) is 13.2 Å². The lowest BCUT2D eigenvalue weighted by atomic mass is 9.77. The van der Waals surface area contributed by atoms with Crippen LogP contribution in [0, 0.1) is 11.6 Å². The summed E-state index contributed by atoms with van der Waals surface area (Å²) in [6, 6.07) is 1.97. The maximum atomic E-state index is 14.5. The standard InChI is InChI=1S/C19H19F2NO4/c1-8(2)14-11(5-10(20)6-12(14)21)16-15(18(23)25-4)9(3)22-13-7-26-19(24)17(13)16/h5-6,8,16,22H,7H2,1-4H3/t16-/m0/s1. The molecule has 7 heteroatoms. The molecule has 2 heterocycles. The van der Waals surface area contributed by atoms with Crippen LogP contribution in [-0.2, 0) is 19.1 Å². The van der Waals surface area contributed by atoms with Crippen molar-refractivity contribution < 1.29 is 27.8 Å². The Labute approximate surface area is 149 Å². The SMILES string of the molecule is COC(=O)C1=C(C)NC2=C(C(=O)OC2)[C@H]1c1cc(F)cc(F)c1C(C)C.